The summed E-state index contributed by atoms with van der Waals surface area (Å²) in [6.45, 7) is 2.03. The molecule has 2 aromatic carbocycles. The lowest BCUT2D eigenvalue weighted by atomic mass is 9.91. The minimum Gasteiger partial charge on any atom is -0.326 e. The van der Waals surface area contributed by atoms with E-state index in [9.17, 15) is 4.79 Å². The molecule has 0 aliphatic rings. The van der Waals surface area contributed by atoms with Crippen molar-refractivity contribution >= 4 is 11.6 Å². The summed E-state index contributed by atoms with van der Waals surface area (Å²) in [5.74, 6) is -0.239. The molecule has 1 unspecified atom stereocenters. The monoisotopic (exact) mass is 316 g/mol. The van der Waals surface area contributed by atoms with Crippen LogP contribution in [0.4, 0.5) is 5.69 Å². The molecule has 1 heterocycles. The number of hydrogen-bond donors (Lipinski definition) is 1. The molecule has 1 aromatic heterocycles. The van der Waals surface area contributed by atoms with E-state index in [1.807, 2.05) is 73.7 Å². The number of hydrogen-bond acceptors (Lipinski definition) is 2. The number of aromatic nitrogens is 1. The number of anilines is 1. The summed E-state index contributed by atoms with van der Waals surface area (Å²) in [6, 6.07) is 21.7. The van der Waals surface area contributed by atoms with Crippen LogP contribution < -0.4 is 5.32 Å². The summed E-state index contributed by atoms with van der Waals surface area (Å²) < 4.78 is 0. The molecule has 120 valence electrons. The van der Waals surface area contributed by atoms with E-state index < -0.39 is 0 Å². The lowest BCUT2D eigenvalue weighted by Gasteiger charge is -2.17. The number of pyridine rings is 1. The minimum atomic E-state index is -0.241. The largest absolute Gasteiger partial charge is 0.326 e. The van der Waals surface area contributed by atoms with E-state index in [0.29, 0.717) is 6.42 Å². The van der Waals surface area contributed by atoms with E-state index in [1.54, 1.807) is 12.4 Å². The molecule has 0 aliphatic heterocycles. The molecule has 0 fully saturated rings. The average molecular weight is 316 g/mol. The Morgan fingerprint density at radius 2 is 1.62 bits per heavy atom. The maximum absolute atomic E-state index is 12.9. The summed E-state index contributed by atoms with van der Waals surface area (Å²) in [6.07, 6.45) is 4.16. The van der Waals surface area contributed by atoms with Crippen molar-refractivity contribution < 1.29 is 4.79 Å². The van der Waals surface area contributed by atoms with Crippen molar-refractivity contribution in [2.45, 2.75) is 19.3 Å². The highest BCUT2D eigenvalue weighted by molar-refractivity contribution is 5.96. The fourth-order valence-corrected chi connectivity index (χ4v) is 2.67. The molecular weight excluding hydrogens is 296 g/mol. The zero-order chi connectivity index (χ0) is 16.8. The van der Waals surface area contributed by atoms with Crippen molar-refractivity contribution in [3.63, 3.8) is 0 Å². The van der Waals surface area contributed by atoms with Crippen molar-refractivity contribution in [1.82, 2.24) is 4.98 Å². The molecule has 0 radical (unpaired) electrons. The molecule has 0 bridgehead atoms. The Labute approximate surface area is 142 Å². The van der Waals surface area contributed by atoms with Crippen LogP contribution in [-0.4, -0.2) is 10.9 Å². The maximum atomic E-state index is 12.9. The van der Waals surface area contributed by atoms with Gasteiger partial charge in [-0.25, -0.2) is 0 Å². The van der Waals surface area contributed by atoms with E-state index in [-0.39, 0.29) is 11.8 Å². The highest BCUT2D eigenvalue weighted by Gasteiger charge is 2.21. The van der Waals surface area contributed by atoms with Gasteiger partial charge in [0.2, 0.25) is 5.91 Å². The molecule has 1 amide bonds. The van der Waals surface area contributed by atoms with E-state index >= 15 is 0 Å². The Morgan fingerprint density at radius 3 is 2.29 bits per heavy atom. The van der Waals surface area contributed by atoms with Crippen molar-refractivity contribution in [2.75, 3.05) is 5.32 Å². The Hall–Kier alpha value is -2.94. The molecule has 24 heavy (non-hydrogen) atoms. The summed E-state index contributed by atoms with van der Waals surface area (Å²) in [7, 11) is 0. The predicted molar refractivity (Wildman–Crippen MR) is 96.9 cm³/mol. The lowest BCUT2D eigenvalue weighted by Crippen LogP contribution is -2.23. The summed E-state index contributed by atoms with van der Waals surface area (Å²) in [5, 5.41) is 3.03. The van der Waals surface area contributed by atoms with Gasteiger partial charge in [-0.1, -0.05) is 48.0 Å². The van der Waals surface area contributed by atoms with Crippen molar-refractivity contribution in [3.8, 4) is 0 Å². The summed E-state index contributed by atoms with van der Waals surface area (Å²) >= 11 is 0. The van der Waals surface area contributed by atoms with Crippen LogP contribution in [-0.2, 0) is 11.2 Å². The van der Waals surface area contributed by atoms with Crippen molar-refractivity contribution in [3.05, 3.63) is 95.8 Å². The number of aryl methyl sites for hydroxylation is 1. The molecule has 0 spiro atoms. The second-order valence-corrected chi connectivity index (χ2v) is 5.88. The molecule has 1 atom stereocenters. The Morgan fingerprint density at radius 1 is 0.958 bits per heavy atom. The molecule has 0 saturated carbocycles. The standard InChI is InChI=1S/C21H20N2O/c1-16-7-9-19(10-8-16)23-21(24)20(18-5-3-2-4-6-18)15-17-11-13-22-14-12-17/h2-14,20H,15H2,1H3,(H,23,24). The van der Waals surface area contributed by atoms with E-state index in [1.165, 1.54) is 5.56 Å². The first kappa shape index (κ1) is 15.9. The summed E-state index contributed by atoms with van der Waals surface area (Å²) in [5.41, 5.74) is 4.10. The SMILES string of the molecule is Cc1ccc(NC(=O)C(Cc2ccncc2)c2ccccc2)cc1. The van der Waals surface area contributed by atoms with E-state index in [0.717, 1.165) is 16.8 Å². The van der Waals surface area contributed by atoms with Gasteiger partial charge >= 0.3 is 0 Å². The predicted octanol–water partition coefficient (Wildman–Crippen LogP) is 4.36. The minimum absolute atomic E-state index is 0.00173. The number of rotatable bonds is 5. The van der Waals surface area contributed by atoms with Gasteiger partial charge in [0.05, 0.1) is 5.92 Å². The second-order valence-electron chi connectivity index (χ2n) is 5.88. The zero-order valence-electron chi connectivity index (χ0n) is 13.6. The topological polar surface area (TPSA) is 42.0 Å². The average Bonchev–Trinajstić information content (AvgIpc) is 2.63. The third-order valence-corrected chi connectivity index (χ3v) is 4.03. The Bertz CT molecular complexity index is 783. The van der Waals surface area contributed by atoms with Gasteiger partial charge in [-0.15, -0.1) is 0 Å². The van der Waals surface area contributed by atoms with Crippen LogP contribution in [0.15, 0.2) is 79.1 Å². The van der Waals surface area contributed by atoms with Gasteiger partial charge in [-0.05, 0) is 48.7 Å². The number of benzene rings is 2. The number of carbonyl (C=O) groups is 1. The fourth-order valence-electron chi connectivity index (χ4n) is 2.67. The normalized spacial score (nSPS) is 11.7. The molecule has 0 saturated heterocycles. The fraction of sp³-hybridized carbons (Fsp3) is 0.143. The van der Waals surface area contributed by atoms with Crippen LogP contribution >= 0.6 is 0 Å². The molecule has 1 N–H and O–H groups in total. The highest BCUT2D eigenvalue weighted by atomic mass is 16.1. The van der Waals surface area contributed by atoms with Crippen molar-refractivity contribution in [2.24, 2.45) is 0 Å². The molecule has 3 rings (SSSR count). The second kappa shape index (κ2) is 7.55. The number of nitrogens with one attached hydrogen (secondary N) is 1. The van der Waals surface area contributed by atoms with Crippen LogP contribution in [0.2, 0.25) is 0 Å². The van der Waals surface area contributed by atoms with Gasteiger partial charge in [-0.3, -0.25) is 9.78 Å². The van der Waals surface area contributed by atoms with Crippen LogP contribution in [0.1, 0.15) is 22.6 Å². The lowest BCUT2D eigenvalue weighted by molar-refractivity contribution is -0.117. The van der Waals surface area contributed by atoms with Gasteiger partial charge < -0.3 is 5.32 Å². The van der Waals surface area contributed by atoms with Crippen LogP contribution in [0.5, 0.6) is 0 Å². The maximum Gasteiger partial charge on any atom is 0.232 e. The number of nitrogens with zero attached hydrogens (tertiary/aromatic N) is 1. The molecule has 0 aliphatic carbocycles. The molecule has 3 nitrogen and oxygen atoms in total. The smallest absolute Gasteiger partial charge is 0.232 e. The van der Waals surface area contributed by atoms with Crippen LogP contribution in [0.3, 0.4) is 0 Å². The van der Waals surface area contributed by atoms with Gasteiger partial charge in [0.15, 0.2) is 0 Å². The Kier molecular flexibility index (Phi) is 5.02. The number of carbonyl (C=O) groups excluding carboxylic acids is 1. The van der Waals surface area contributed by atoms with Gasteiger partial charge in [0.25, 0.3) is 0 Å². The van der Waals surface area contributed by atoms with E-state index in [4.69, 9.17) is 0 Å². The van der Waals surface area contributed by atoms with Crippen LogP contribution in [0.25, 0.3) is 0 Å². The highest BCUT2D eigenvalue weighted by Crippen LogP contribution is 2.23. The van der Waals surface area contributed by atoms with Gasteiger partial charge in [0, 0.05) is 18.1 Å². The van der Waals surface area contributed by atoms with E-state index in [2.05, 4.69) is 10.3 Å². The molecular formula is C21H20N2O. The molecule has 3 heteroatoms. The van der Waals surface area contributed by atoms with Gasteiger partial charge in [-0.2, -0.15) is 0 Å². The first-order valence-corrected chi connectivity index (χ1v) is 8.04. The van der Waals surface area contributed by atoms with Crippen molar-refractivity contribution in [1.29, 1.82) is 0 Å². The first-order valence-electron chi connectivity index (χ1n) is 8.04. The third-order valence-electron chi connectivity index (χ3n) is 4.03. The zero-order valence-corrected chi connectivity index (χ0v) is 13.6. The Balaban J connectivity index is 1.83. The third kappa shape index (κ3) is 4.07. The number of amides is 1. The summed E-state index contributed by atoms with van der Waals surface area (Å²) in [4.78, 5) is 16.9. The van der Waals surface area contributed by atoms with Gasteiger partial charge in [0.1, 0.15) is 0 Å². The molecule has 3 aromatic rings. The quantitative estimate of drug-likeness (QED) is 0.760. The van der Waals surface area contributed by atoms with Crippen LogP contribution in [0, 0.1) is 6.92 Å². The first-order chi connectivity index (χ1) is 11.7.